The van der Waals surface area contributed by atoms with Crippen LogP contribution in [0.2, 0.25) is 0 Å². The van der Waals surface area contributed by atoms with Crippen molar-refractivity contribution in [2.45, 2.75) is 39.5 Å². The maximum Gasteiger partial charge on any atom is 0.387 e. The van der Waals surface area contributed by atoms with Crippen molar-refractivity contribution in [3.8, 4) is 22.9 Å². The number of hydrogen-bond donors (Lipinski definition) is 1. The Balaban J connectivity index is 1.70. The number of alkyl halides is 4. The number of ether oxygens (including phenoxy) is 2. The minimum Gasteiger partial charge on any atom is -0.435 e. The number of hydrogen-bond acceptors (Lipinski definition) is 6. The minimum absolute atomic E-state index is 0.00568. The molecule has 0 saturated heterocycles. The molecule has 1 heterocycles. The third-order valence-electron chi connectivity index (χ3n) is 4.13. The number of nitrogens with zero attached hydrogens (tertiary/aromatic N) is 2. The first-order valence-electron chi connectivity index (χ1n) is 9.02. The van der Waals surface area contributed by atoms with Crippen molar-refractivity contribution in [1.82, 2.24) is 10.1 Å². The third-order valence-corrected chi connectivity index (χ3v) is 4.13. The molecule has 0 aliphatic heterocycles. The predicted octanol–water partition coefficient (Wildman–Crippen LogP) is 5.67. The van der Waals surface area contributed by atoms with Gasteiger partial charge in [-0.15, -0.1) is 0 Å². The molecule has 0 fully saturated rings. The molecular formula is C20H19F4N3O3. The van der Waals surface area contributed by atoms with Gasteiger partial charge in [-0.1, -0.05) is 43.3 Å². The van der Waals surface area contributed by atoms with E-state index in [-0.39, 0.29) is 29.6 Å². The maximum absolute atomic E-state index is 12.6. The van der Waals surface area contributed by atoms with Gasteiger partial charge in [0.15, 0.2) is 5.75 Å². The van der Waals surface area contributed by atoms with Gasteiger partial charge in [-0.3, -0.25) is 0 Å². The quantitative estimate of drug-likeness (QED) is 0.445. The lowest BCUT2D eigenvalue weighted by atomic mass is 10.0. The molecule has 0 aliphatic rings. The predicted molar refractivity (Wildman–Crippen MR) is 101 cm³/mol. The van der Waals surface area contributed by atoms with E-state index >= 15 is 0 Å². The van der Waals surface area contributed by atoms with Crippen LogP contribution in [-0.2, 0) is 6.54 Å². The Morgan fingerprint density at radius 2 is 1.67 bits per heavy atom. The molecule has 6 nitrogen and oxygen atoms in total. The van der Waals surface area contributed by atoms with E-state index in [1.807, 2.05) is 24.3 Å². The number of nitrogens with one attached hydrogen (secondary N) is 1. The van der Waals surface area contributed by atoms with Crippen molar-refractivity contribution in [3.63, 3.8) is 0 Å². The summed E-state index contributed by atoms with van der Waals surface area (Å²) in [5.41, 5.74) is 2.07. The van der Waals surface area contributed by atoms with E-state index in [2.05, 4.69) is 38.8 Å². The zero-order chi connectivity index (χ0) is 21.7. The van der Waals surface area contributed by atoms with Crippen molar-refractivity contribution >= 4 is 5.69 Å². The Morgan fingerprint density at radius 1 is 0.967 bits per heavy atom. The minimum atomic E-state index is -3.14. The maximum atomic E-state index is 12.6. The van der Waals surface area contributed by atoms with Crippen molar-refractivity contribution in [2.24, 2.45) is 0 Å². The lowest BCUT2D eigenvalue weighted by Crippen LogP contribution is -2.08. The molecule has 0 bridgehead atoms. The molecular weight excluding hydrogens is 406 g/mol. The molecule has 10 heteroatoms. The Morgan fingerprint density at radius 3 is 2.30 bits per heavy atom. The Hall–Kier alpha value is -3.30. The van der Waals surface area contributed by atoms with Crippen LogP contribution >= 0.6 is 0 Å². The summed E-state index contributed by atoms with van der Waals surface area (Å²) in [5, 5.41) is 6.72. The van der Waals surface area contributed by atoms with Gasteiger partial charge in [-0.05, 0) is 23.6 Å². The average molecular weight is 425 g/mol. The first-order valence-corrected chi connectivity index (χ1v) is 9.02. The average Bonchev–Trinajstić information content (AvgIpc) is 3.15. The van der Waals surface area contributed by atoms with E-state index in [0.29, 0.717) is 11.7 Å². The van der Waals surface area contributed by atoms with Crippen molar-refractivity contribution in [2.75, 3.05) is 5.32 Å². The van der Waals surface area contributed by atoms with E-state index in [0.717, 1.165) is 11.6 Å². The molecule has 3 rings (SSSR count). The van der Waals surface area contributed by atoms with Crippen LogP contribution in [0.5, 0.6) is 11.5 Å². The lowest BCUT2D eigenvalue weighted by molar-refractivity contribution is -0.0539. The summed E-state index contributed by atoms with van der Waals surface area (Å²) < 4.78 is 63.7. The van der Waals surface area contributed by atoms with E-state index in [1.165, 1.54) is 17.7 Å². The summed E-state index contributed by atoms with van der Waals surface area (Å²) in [4.78, 5) is 4.26. The zero-order valence-electron chi connectivity index (χ0n) is 16.1. The van der Waals surface area contributed by atoms with Gasteiger partial charge in [-0.2, -0.15) is 22.5 Å². The smallest absolute Gasteiger partial charge is 0.387 e. The van der Waals surface area contributed by atoms with E-state index in [4.69, 9.17) is 4.52 Å². The summed E-state index contributed by atoms with van der Waals surface area (Å²) in [6.07, 6.45) is 0. The molecule has 0 unspecified atom stereocenters. The molecule has 3 aromatic rings. The summed E-state index contributed by atoms with van der Waals surface area (Å²) in [5.74, 6) is 0.315. The first-order chi connectivity index (χ1) is 14.3. The second-order valence-electron chi connectivity index (χ2n) is 6.56. The first kappa shape index (κ1) is 21.4. The van der Waals surface area contributed by atoms with Crippen molar-refractivity contribution in [1.29, 1.82) is 0 Å². The standard InChI is InChI=1S/C20H19F4N3O3/c1-11(2)12-3-5-13(6-4-12)18-26-17(30-27-18)10-25-15-8-7-14(28-19(21)22)9-16(15)29-20(23)24/h3-9,11,19-20,25H,10H2,1-2H3. The highest BCUT2D eigenvalue weighted by Gasteiger charge is 2.15. The van der Waals surface area contributed by atoms with Gasteiger partial charge < -0.3 is 19.3 Å². The van der Waals surface area contributed by atoms with Crippen LogP contribution in [0.15, 0.2) is 47.0 Å². The lowest BCUT2D eigenvalue weighted by Gasteiger charge is -2.13. The molecule has 0 aliphatic carbocycles. The Kier molecular flexibility index (Phi) is 6.76. The topological polar surface area (TPSA) is 69.4 Å². The van der Waals surface area contributed by atoms with Crippen LogP contribution in [0.4, 0.5) is 23.2 Å². The fraction of sp³-hybridized carbons (Fsp3) is 0.300. The molecule has 0 radical (unpaired) electrons. The van der Waals surface area contributed by atoms with Gasteiger partial charge >= 0.3 is 13.2 Å². The summed E-state index contributed by atoms with van der Waals surface area (Å²) >= 11 is 0. The summed E-state index contributed by atoms with van der Waals surface area (Å²) in [7, 11) is 0. The number of benzene rings is 2. The molecule has 0 spiro atoms. The van der Waals surface area contributed by atoms with Gasteiger partial charge in [0, 0.05) is 11.6 Å². The van der Waals surface area contributed by atoms with E-state index in [9.17, 15) is 17.6 Å². The number of aromatic nitrogens is 2. The highest BCUT2D eigenvalue weighted by atomic mass is 19.3. The molecule has 160 valence electrons. The van der Waals surface area contributed by atoms with Crippen LogP contribution in [0, 0.1) is 0 Å². The van der Waals surface area contributed by atoms with Crippen LogP contribution < -0.4 is 14.8 Å². The summed E-state index contributed by atoms with van der Waals surface area (Å²) in [6, 6.07) is 11.1. The normalized spacial score (nSPS) is 11.4. The van der Waals surface area contributed by atoms with Crippen LogP contribution in [0.1, 0.15) is 31.2 Å². The Labute approximate surface area is 169 Å². The fourth-order valence-corrected chi connectivity index (χ4v) is 2.65. The monoisotopic (exact) mass is 425 g/mol. The molecule has 30 heavy (non-hydrogen) atoms. The van der Waals surface area contributed by atoms with E-state index in [1.54, 1.807) is 0 Å². The molecule has 1 N–H and O–H groups in total. The van der Waals surface area contributed by atoms with Crippen molar-refractivity contribution < 1.29 is 31.6 Å². The van der Waals surface area contributed by atoms with Crippen molar-refractivity contribution in [3.05, 3.63) is 53.9 Å². The number of halogens is 4. The molecule has 0 amide bonds. The second kappa shape index (κ2) is 9.47. The van der Waals surface area contributed by atoms with Gasteiger partial charge in [0.25, 0.3) is 0 Å². The molecule has 1 aromatic heterocycles. The van der Waals surface area contributed by atoms with Crippen LogP contribution in [0.25, 0.3) is 11.4 Å². The van der Waals surface area contributed by atoms with Crippen LogP contribution in [0.3, 0.4) is 0 Å². The molecule has 0 saturated carbocycles. The molecule has 2 aromatic carbocycles. The van der Waals surface area contributed by atoms with E-state index < -0.39 is 13.2 Å². The van der Waals surface area contributed by atoms with Gasteiger partial charge in [0.1, 0.15) is 5.75 Å². The highest BCUT2D eigenvalue weighted by Crippen LogP contribution is 2.32. The SMILES string of the molecule is CC(C)c1ccc(-c2noc(CNc3ccc(OC(F)F)cc3OC(F)F)n2)cc1. The van der Waals surface area contributed by atoms with Crippen LogP contribution in [-0.4, -0.2) is 23.4 Å². The zero-order valence-corrected chi connectivity index (χ0v) is 16.1. The molecule has 0 atom stereocenters. The van der Waals surface area contributed by atoms with Gasteiger partial charge in [-0.25, -0.2) is 0 Å². The summed E-state index contributed by atoms with van der Waals surface area (Å²) in [6.45, 7) is -2.05. The Bertz CT molecular complexity index is 962. The fourth-order valence-electron chi connectivity index (χ4n) is 2.65. The third kappa shape index (κ3) is 5.62. The largest absolute Gasteiger partial charge is 0.435 e. The second-order valence-corrected chi connectivity index (χ2v) is 6.56. The van der Waals surface area contributed by atoms with Gasteiger partial charge in [0.05, 0.1) is 12.2 Å². The highest BCUT2D eigenvalue weighted by molar-refractivity contribution is 5.59. The number of anilines is 1. The number of rotatable bonds is 9. The van der Waals surface area contributed by atoms with Gasteiger partial charge in [0.2, 0.25) is 11.7 Å².